The van der Waals surface area contributed by atoms with Gasteiger partial charge in [-0.3, -0.25) is 0 Å². The van der Waals surface area contributed by atoms with E-state index in [9.17, 15) is 4.79 Å². The summed E-state index contributed by atoms with van der Waals surface area (Å²) < 4.78 is 1.73. The van der Waals surface area contributed by atoms with Crippen LogP contribution in [0.1, 0.15) is 0 Å². The Kier molecular flexibility index (Phi) is 4.68. The predicted molar refractivity (Wildman–Crippen MR) is 94.1 cm³/mol. The van der Waals surface area contributed by atoms with E-state index in [-0.39, 0.29) is 6.03 Å². The summed E-state index contributed by atoms with van der Waals surface area (Å²) in [5, 5.41) is 19.2. The number of amides is 2. The molecule has 0 spiro atoms. The molecule has 0 fully saturated rings. The highest BCUT2D eigenvalue weighted by molar-refractivity contribution is 9.10. The van der Waals surface area contributed by atoms with Gasteiger partial charge < -0.3 is 10.6 Å². The molecular weight excluding hydrogens is 428 g/mol. The van der Waals surface area contributed by atoms with Crippen LogP contribution in [0.3, 0.4) is 0 Å². The number of anilines is 2. The molecule has 0 radical (unpaired) electrons. The smallest absolute Gasteiger partial charge is 0.308 e. The summed E-state index contributed by atoms with van der Waals surface area (Å²) in [5.74, 6) is 0.462. The molecule has 3 N–H and O–H groups in total. The van der Waals surface area contributed by atoms with Crippen LogP contribution in [-0.4, -0.2) is 26.7 Å². The van der Waals surface area contributed by atoms with Gasteiger partial charge in [-0.25, -0.2) is 9.89 Å². The molecule has 23 heavy (non-hydrogen) atoms. The van der Waals surface area contributed by atoms with Gasteiger partial charge in [0.05, 0.1) is 5.69 Å². The van der Waals surface area contributed by atoms with Gasteiger partial charge in [-0.2, -0.15) is 0 Å². The number of carbonyl (C=O) groups is 1. The third kappa shape index (κ3) is 3.93. The monoisotopic (exact) mass is 436 g/mol. The lowest BCUT2D eigenvalue weighted by molar-refractivity contribution is 0.262. The van der Waals surface area contributed by atoms with E-state index in [0.29, 0.717) is 22.8 Å². The minimum absolute atomic E-state index is 0.362. The van der Waals surface area contributed by atoms with Gasteiger partial charge in [0, 0.05) is 20.2 Å². The van der Waals surface area contributed by atoms with Crippen molar-refractivity contribution < 1.29 is 4.79 Å². The number of hydrogen-bond acceptors (Lipinski definition) is 4. The first kappa shape index (κ1) is 15.6. The average molecular weight is 438 g/mol. The summed E-state index contributed by atoms with van der Waals surface area (Å²) >= 11 is 6.76. The molecule has 3 aromatic rings. The number of benzene rings is 2. The van der Waals surface area contributed by atoms with Gasteiger partial charge in [0.1, 0.15) is 0 Å². The highest BCUT2D eigenvalue weighted by atomic mass is 79.9. The van der Waals surface area contributed by atoms with Gasteiger partial charge in [-0.1, -0.05) is 37.9 Å². The first-order chi connectivity index (χ1) is 11.1. The Labute approximate surface area is 148 Å². The highest BCUT2D eigenvalue weighted by Crippen LogP contribution is 2.28. The zero-order valence-electron chi connectivity index (χ0n) is 11.5. The van der Waals surface area contributed by atoms with Crippen LogP contribution in [0.4, 0.5) is 16.2 Å². The van der Waals surface area contributed by atoms with Crippen LogP contribution in [0.2, 0.25) is 0 Å². The first-order valence-electron chi connectivity index (χ1n) is 6.49. The zero-order chi connectivity index (χ0) is 16.2. The van der Waals surface area contributed by atoms with Gasteiger partial charge in [-0.05, 0) is 46.8 Å². The summed E-state index contributed by atoms with van der Waals surface area (Å²) in [6, 6.07) is 12.4. The first-order valence-corrected chi connectivity index (χ1v) is 8.07. The lowest BCUT2D eigenvalue weighted by Gasteiger charge is -2.11. The van der Waals surface area contributed by atoms with Crippen LogP contribution in [0.15, 0.2) is 51.4 Å². The summed E-state index contributed by atoms with van der Waals surface area (Å²) in [5.41, 5.74) is 1.94. The Balaban J connectivity index is 1.81. The zero-order valence-corrected chi connectivity index (χ0v) is 14.7. The number of halogens is 2. The number of carbonyl (C=O) groups excluding carboxylic acids is 1. The maximum Gasteiger partial charge on any atom is 0.323 e. The number of nitrogens with one attached hydrogen (secondary N) is 3. The van der Waals surface area contributed by atoms with Crippen molar-refractivity contribution in [2.24, 2.45) is 0 Å². The fraction of sp³-hybridized carbons (Fsp3) is 0. The van der Waals surface area contributed by atoms with Gasteiger partial charge in [0.25, 0.3) is 0 Å². The third-order valence-corrected chi connectivity index (χ3v) is 3.90. The number of hydrogen-bond donors (Lipinski definition) is 3. The molecule has 3 rings (SSSR count). The molecule has 2 amide bonds. The molecule has 0 aliphatic rings. The normalized spacial score (nSPS) is 10.3. The van der Waals surface area contributed by atoms with E-state index in [1.54, 1.807) is 12.1 Å². The molecule has 0 bridgehead atoms. The lowest BCUT2D eigenvalue weighted by Crippen LogP contribution is -2.19. The maximum absolute atomic E-state index is 12.2. The van der Waals surface area contributed by atoms with Crippen LogP contribution in [0.25, 0.3) is 11.4 Å². The third-order valence-electron chi connectivity index (χ3n) is 2.91. The molecule has 2 aromatic carbocycles. The van der Waals surface area contributed by atoms with E-state index < -0.39 is 0 Å². The Hall–Kier alpha value is -2.26. The number of H-pyrrole nitrogens is 1. The van der Waals surface area contributed by atoms with Crippen molar-refractivity contribution >= 4 is 49.3 Å². The highest BCUT2D eigenvalue weighted by Gasteiger charge is 2.12. The number of aromatic amines is 1. The topological polar surface area (TPSA) is 95.6 Å². The van der Waals surface area contributed by atoms with E-state index in [2.05, 4.69) is 63.1 Å². The van der Waals surface area contributed by atoms with Gasteiger partial charge in [0.2, 0.25) is 0 Å². The van der Waals surface area contributed by atoms with Crippen molar-refractivity contribution in [1.29, 1.82) is 0 Å². The molecule has 9 heteroatoms. The Bertz CT molecular complexity index is 837. The average Bonchev–Trinajstić information content (AvgIpc) is 3.03. The van der Waals surface area contributed by atoms with E-state index in [4.69, 9.17) is 0 Å². The van der Waals surface area contributed by atoms with Gasteiger partial charge >= 0.3 is 6.03 Å². The van der Waals surface area contributed by atoms with Crippen LogP contribution >= 0.6 is 31.9 Å². The van der Waals surface area contributed by atoms with Crippen molar-refractivity contribution in [3.8, 4) is 11.4 Å². The summed E-state index contributed by atoms with van der Waals surface area (Å²) in [6.45, 7) is 0. The van der Waals surface area contributed by atoms with Gasteiger partial charge in [0.15, 0.2) is 5.82 Å². The van der Waals surface area contributed by atoms with Gasteiger partial charge in [-0.15, -0.1) is 5.10 Å². The number of aromatic nitrogens is 4. The Morgan fingerprint density at radius 1 is 1.04 bits per heavy atom. The quantitative estimate of drug-likeness (QED) is 0.576. The van der Waals surface area contributed by atoms with E-state index in [1.807, 2.05) is 30.3 Å². The van der Waals surface area contributed by atoms with Crippen LogP contribution in [0, 0.1) is 0 Å². The molecular formula is C14H10Br2N6O. The summed E-state index contributed by atoms with van der Waals surface area (Å²) in [4.78, 5) is 12.2. The fourth-order valence-electron chi connectivity index (χ4n) is 1.95. The maximum atomic E-state index is 12.2. The second-order valence-corrected chi connectivity index (χ2v) is 6.36. The van der Waals surface area contributed by atoms with Crippen molar-refractivity contribution in [3.63, 3.8) is 0 Å². The van der Waals surface area contributed by atoms with Crippen molar-refractivity contribution in [3.05, 3.63) is 51.4 Å². The second kappa shape index (κ2) is 6.88. The number of nitrogens with zero attached hydrogens (tertiary/aromatic N) is 3. The predicted octanol–water partition coefficient (Wildman–Crippen LogP) is 4.04. The Morgan fingerprint density at radius 3 is 2.61 bits per heavy atom. The van der Waals surface area contributed by atoms with Crippen molar-refractivity contribution in [1.82, 2.24) is 20.6 Å². The molecule has 0 saturated carbocycles. The van der Waals surface area contributed by atoms with E-state index in [0.717, 1.165) is 8.95 Å². The molecule has 0 atom stereocenters. The standard InChI is InChI=1S/C14H10Br2N6O/c15-8-2-1-3-10(6-8)17-14(23)18-12-5-4-9(16)7-11(12)13-19-21-22-20-13/h1-7H,(H2,17,18,23)(H,19,20,21,22). The molecule has 7 nitrogen and oxygen atoms in total. The van der Waals surface area contributed by atoms with Crippen LogP contribution in [-0.2, 0) is 0 Å². The van der Waals surface area contributed by atoms with Crippen molar-refractivity contribution in [2.45, 2.75) is 0 Å². The number of tetrazole rings is 1. The summed E-state index contributed by atoms with van der Waals surface area (Å²) in [7, 11) is 0. The molecule has 0 aliphatic heterocycles. The Morgan fingerprint density at radius 2 is 1.87 bits per heavy atom. The molecule has 0 unspecified atom stereocenters. The molecule has 0 saturated heterocycles. The van der Waals surface area contributed by atoms with E-state index >= 15 is 0 Å². The van der Waals surface area contributed by atoms with E-state index in [1.165, 1.54) is 0 Å². The molecule has 116 valence electrons. The summed E-state index contributed by atoms with van der Waals surface area (Å²) in [6.07, 6.45) is 0. The minimum atomic E-state index is -0.362. The molecule has 0 aliphatic carbocycles. The second-order valence-electron chi connectivity index (χ2n) is 4.53. The van der Waals surface area contributed by atoms with Crippen LogP contribution < -0.4 is 10.6 Å². The fourth-order valence-corrected chi connectivity index (χ4v) is 2.71. The minimum Gasteiger partial charge on any atom is -0.308 e. The molecule has 1 aromatic heterocycles. The SMILES string of the molecule is O=C(Nc1cccc(Br)c1)Nc1ccc(Br)cc1-c1nnn[nH]1. The number of rotatable bonds is 3. The van der Waals surface area contributed by atoms with Crippen molar-refractivity contribution in [2.75, 3.05) is 10.6 Å². The largest absolute Gasteiger partial charge is 0.323 e. The lowest BCUT2D eigenvalue weighted by atomic mass is 10.1. The number of urea groups is 1. The molecule has 1 heterocycles. The van der Waals surface area contributed by atoms with Crippen LogP contribution in [0.5, 0.6) is 0 Å².